The summed E-state index contributed by atoms with van der Waals surface area (Å²) in [5, 5.41) is 10.9. The van der Waals surface area contributed by atoms with Gasteiger partial charge in [0, 0.05) is 24.5 Å². The Balaban J connectivity index is 1.94. The number of nitro benzene ring substituents is 1. The number of rotatable bonds is 2. The van der Waals surface area contributed by atoms with Crippen LogP contribution in [0.1, 0.15) is 17.2 Å². The highest BCUT2D eigenvalue weighted by molar-refractivity contribution is 5.97. The Kier molecular flexibility index (Phi) is 3.17. The topological polar surface area (TPSA) is 137 Å². The monoisotopic (exact) mass is 338 g/mol. The van der Waals surface area contributed by atoms with Gasteiger partial charge in [0.1, 0.15) is 5.82 Å². The van der Waals surface area contributed by atoms with Crippen LogP contribution >= 0.6 is 0 Å². The van der Waals surface area contributed by atoms with Crippen LogP contribution in [0.3, 0.4) is 0 Å². The number of benzene rings is 1. The highest BCUT2D eigenvalue weighted by Crippen LogP contribution is 2.36. The summed E-state index contributed by atoms with van der Waals surface area (Å²) >= 11 is 0. The summed E-state index contributed by atoms with van der Waals surface area (Å²) in [5.74, 6) is 0.426. The molecule has 10 nitrogen and oxygen atoms in total. The molecule has 2 aliphatic heterocycles. The van der Waals surface area contributed by atoms with Crippen LogP contribution in [0.25, 0.3) is 0 Å². The quantitative estimate of drug-likeness (QED) is 0.620. The first kappa shape index (κ1) is 14.8. The second-order valence-electron chi connectivity index (χ2n) is 5.36. The molecule has 1 atom stereocenters. The smallest absolute Gasteiger partial charge is 0.305 e. The van der Waals surface area contributed by atoms with Crippen LogP contribution in [-0.2, 0) is 0 Å². The van der Waals surface area contributed by atoms with Crippen LogP contribution in [-0.4, -0.2) is 32.0 Å². The van der Waals surface area contributed by atoms with Gasteiger partial charge in [0.15, 0.2) is 0 Å². The molecule has 1 aromatic carbocycles. The molecule has 3 heterocycles. The lowest BCUT2D eigenvalue weighted by Crippen LogP contribution is -2.39. The second-order valence-corrected chi connectivity index (χ2v) is 5.36. The lowest BCUT2D eigenvalue weighted by Gasteiger charge is -2.34. The number of nitro groups is 1. The van der Waals surface area contributed by atoms with Crippen molar-refractivity contribution in [1.29, 1.82) is 0 Å². The molecule has 0 amide bonds. The average molecular weight is 338 g/mol. The van der Waals surface area contributed by atoms with Crippen molar-refractivity contribution < 1.29 is 4.92 Å². The van der Waals surface area contributed by atoms with E-state index in [9.17, 15) is 19.7 Å². The third kappa shape index (κ3) is 2.36. The van der Waals surface area contributed by atoms with Gasteiger partial charge >= 0.3 is 5.69 Å². The van der Waals surface area contributed by atoms with Crippen molar-refractivity contribution in [3.05, 3.63) is 78.6 Å². The molecule has 10 heteroatoms. The third-order valence-electron chi connectivity index (χ3n) is 3.90. The first-order valence-electron chi connectivity index (χ1n) is 7.23. The van der Waals surface area contributed by atoms with Crippen molar-refractivity contribution in [2.24, 2.45) is 9.98 Å². The number of aliphatic imine (C=N–C) groups is 2. The number of non-ortho nitro benzene ring substituents is 1. The summed E-state index contributed by atoms with van der Waals surface area (Å²) in [6.45, 7) is 0. The Hall–Kier alpha value is -3.82. The molecule has 1 aromatic heterocycles. The largest absolute Gasteiger partial charge is 0.327 e. The number of nitrogens with zero attached hydrogens (tertiary/aromatic N) is 4. The Morgan fingerprint density at radius 1 is 1.16 bits per heavy atom. The van der Waals surface area contributed by atoms with E-state index in [4.69, 9.17) is 0 Å². The van der Waals surface area contributed by atoms with Crippen molar-refractivity contribution in [3.63, 3.8) is 0 Å². The average Bonchev–Trinajstić information content (AvgIpc) is 2.59. The third-order valence-corrected chi connectivity index (χ3v) is 3.90. The summed E-state index contributed by atoms with van der Waals surface area (Å²) in [4.78, 5) is 49.0. The van der Waals surface area contributed by atoms with Crippen LogP contribution in [0.4, 0.5) is 11.5 Å². The number of aromatic nitrogens is 2. The van der Waals surface area contributed by atoms with Crippen molar-refractivity contribution in [2.75, 3.05) is 0 Å². The van der Waals surface area contributed by atoms with Crippen LogP contribution in [0.5, 0.6) is 0 Å². The fourth-order valence-electron chi connectivity index (χ4n) is 2.83. The summed E-state index contributed by atoms with van der Waals surface area (Å²) < 4.78 is 0. The molecule has 0 aliphatic carbocycles. The standard InChI is InChI=1S/C15H10N6O4/c22-13-10-11(8-2-4-9(5-3-8)21(24)25)20-7-1-6-16-14(20)17-12(10)18-15(23)19-13/h1-7,11H,(H2,18,19,22,23). The van der Waals surface area contributed by atoms with Gasteiger partial charge in [-0.25, -0.2) is 9.79 Å². The lowest BCUT2D eigenvalue weighted by atomic mass is 9.97. The first-order valence-corrected chi connectivity index (χ1v) is 7.23. The Labute approximate surface area is 139 Å². The molecular formula is C15H10N6O4. The van der Waals surface area contributed by atoms with Crippen LogP contribution < -0.4 is 11.2 Å². The normalized spacial score (nSPS) is 17.7. The maximum atomic E-state index is 12.4. The molecule has 1 unspecified atom stereocenters. The Bertz CT molecular complexity index is 1080. The number of guanidine groups is 1. The van der Waals surface area contributed by atoms with E-state index in [0.29, 0.717) is 11.5 Å². The predicted octanol–water partition coefficient (Wildman–Crippen LogP) is 0.962. The van der Waals surface area contributed by atoms with Crippen molar-refractivity contribution in [2.45, 2.75) is 6.04 Å². The predicted molar refractivity (Wildman–Crippen MR) is 89.2 cm³/mol. The first-order chi connectivity index (χ1) is 12.0. The number of nitrogens with one attached hydrogen (secondary N) is 2. The molecule has 0 spiro atoms. The zero-order valence-corrected chi connectivity index (χ0v) is 12.5. The number of hydrogen-bond donors (Lipinski definition) is 2. The molecule has 2 aliphatic rings. The van der Waals surface area contributed by atoms with E-state index in [1.54, 1.807) is 35.5 Å². The van der Waals surface area contributed by atoms with E-state index in [1.807, 2.05) is 0 Å². The van der Waals surface area contributed by atoms with E-state index in [0.717, 1.165) is 0 Å². The molecule has 124 valence electrons. The molecule has 25 heavy (non-hydrogen) atoms. The fraction of sp³-hybridized carbons (Fsp3) is 0.0667. The zero-order valence-electron chi connectivity index (χ0n) is 12.5. The summed E-state index contributed by atoms with van der Waals surface area (Å²) in [5.41, 5.74) is -0.444. The maximum Gasteiger partial charge on any atom is 0.327 e. The minimum atomic E-state index is -0.667. The van der Waals surface area contributed by atoms with Gasteiger partial charge in [-0.05, 0) is 23.8 Å². The summed E-state index contributed by atoms with van der Waals surface area (Å²) in [7, 11) is 0. The summed E-state index contributed by atoms with van der Waals surface area (Å²) in [6, 6.07) is 5.21. The molecule has 0 fully saturated rings. The number of allylic oxidation sites excluding steroid dienone is 1. The van der Waals surface area contributed by atoms with E-state index in [-0.39, 0.29) is 17.1 Å². The second kappa shape index (κ2) is 5.37. The van der Waals surface area contributed by atoms with Crippen LogP contribution in [0, 0.1) is 10.1 Å². The van der Waals surface area contributed by atoms with Gasteiger partial charge in [0.2, 0.25) is 5.96 Å². The van der Waals surface area contributed by atoms with Gasteiger partial charge in [0.25, 0.3) is 11.2 Å². The molecule has 0 saturated heterocycles. The fourth-order valence-corrected chi connectivity index (χ4v) is 2.83. The molecule has 0 saturated carbocycles. The lowest BCUT2D eigenvalue weighted by molar-refractivity contribution is -0.384. The molecular weight excluding hydrogens is 328 g/mol. The minimum absolute atomic E-state index is 0.0590. The molecule has 2 N–H and O–H groups in total. The van der Waals surface area contributed by atoms with E-state index in [2.05, 4.69) is 20.0 Å². The van der Waals surface area contributed by atoms with Crippen molar-refractivity contribution >= 4 is 23.7 Å². The van der Waals surface area contributed by atoms with E-state index >= 15 is 0 Å². The maximum absolute atomic E-state index is 12.4. The van der Waals surface area contributed by atoms with Crippen LogP contribution in [0.15, 0.2) is 56.1 Å². The number of aromatic amines is 2. The van der Waals surface area contributed by atoms with Gasteiger partial charge < -0.3 is 4.90 Å². The highest BCUT2D eigenvalue weighted by atomic mass is 16.6. The number of fused-ring (bicyclic) bond motifs is 2. The molecule has 2 aromatic rings. The highest BCUT2D eigenvalue weighted by Gasteiger charge is 2.34. The molecule has 4 rings (SSSR count). The van der Waals surface area contributed by atoms with Gasteiger partial charge in [-0.1, -0.05) is 0 Å². The van der Waals surface area contributed by atoms with E-state index in [1.165, 1.54) is 12.1 Å². The van der Waals surface area contributed by atoms with Gasteiger partial charge in [-0.15, -0.1) is 0 Å². The number of hydrogen-bond acceptors (Lipinski definition) is 7. The Morgan fingerprint density at radius 2 is 1.92 bits per heavy atom. The Morgan fingerprint density at radius 3 is 2.64 bits per heavy atom. The van der Waals surface area contributed by atoms with Gasteiger partial charge in [-0.3, -0.25) is 24.9 Å². The van der Waals surface area contributed by atoms with Crippen molar-refractivity contribution in [1.82, 2.24) is 14.9 Å². The SMILES string of the molecule is O=c1[nH]c2c(c(=O)[nH]1)C(c1ccc([N+](=O)[O-])cc1)N1C=CC=NC1=N2. The minimum Gasteiger partial charge on any atom is -0.305 e. The zero-order chi connectivity index (χ0) is 17.6. The molecule has 0 bridgehead atoms. The summed E-state index contributed by atoms with van der Waals surface area (Å²) in [6.07, 6.45) is 4.92. The van der Waals surface area contributed by atoms with Gasteiger partial charge in [-0.2, -0.15) is 4.99 Å². The van der Waals surface area contributed by atoms with Crippen molar-refractivity contribution in [3.8, 4) is 0 Å². The number of H-pyrrole nitrogens is 2. The van der Waals surface area contributed by atoms with Crippen LogP contribution in [0.2, 0.25) is 0 Å². The van der Waals surface area contributed by atoms with E-state index < -0.39 is 22.2 Å². The van der Waals surface area contributed by atoms with Gasteiger partial charge in [0.05, 0.1) is 16.5 Å². The molecule has 0 radical (unpaired) electrons.